The molecular formula is C18H22ClNO. The molecule has 0 spiro atoms. The highest BCUT2D eigenvalue weighted by molar-refractivity contribution is 6.31. The molecule has 112 valence electrons. The molecule has 0 aliphatic rings. The third-order valence-electron chi connectivity index (χ3n) is 3.38. The van der Waals surface area contributed by atoms with Crippen LogP contribution in [-0.2, 0) is 13.2 Å². The summed E-state index contributed by atoms with van der Waals surface area (Å²) >= 11 is 6.03. The fourth-order valence-corrected chi connectivity index (χ4v) is 2.26. The van der Waals surface area contributed by atoms with Gasteiger partial charge in [-0.1, -0.05) is 42.8 Å². The second kappa shape index (κ2) is 8.06. The number of rotatable bonds is 7. The van der Waals surface area contributed by atoms with Crippen molar-refractivity contribution in [1.29, 1.82) is 0 Å². The highest BCUT2D eigenvalue weighted by atomic mass is 35.5. The minimum atomic E-state index is 0.574. The van der Waals surface area contributed by atoms with Crippen molar-refractivity contribution in [2.24, 2.45) is 0 Å². The molecule has 0 amide bonds. The summed E-state index contributed by atoms with van der Waals surface area (Å²) in [6.07, 6.45) is 1.14. The number of hydrogen-bond acceptors (Lipinski definition) is 2. The number of nitrogens with one attached hydrogen (secondary N) is 1. The van der Waals surface area contributed by atoms with Gasteiger partial charge in [0.25, 0.3) is 0 Å². The summed E-state index contributed by atoms with van der Waals surface area (Å²) in [5, 5.41) is 4.20. The molecule has 0 radical (unpaired) electrons. The van der Waals surface area contributed by atoms with Gasteiger partial charge in [0.1, 0.15) is 12.4 Å². The Bertz CT molecular complexity index is 583. The van der Waals surface area contributed by atoms with Crippen molar-refractivity contribution in [1.82, 2.24) is 5.32 Å². The maximum atomic E-state index is 6.03. The zero-order valence-corrected chi connectivity index (χ0v) is 13.4. The van der Waals surface area contributed by atoms with E-state index in [-0.39, 0.29) is 0 Å². The first kappa shape index (κ1) is 15.9. The zero-order chi connectivity index (χ0) is 15.1. The van der Waals surface area contributed by atoms with E-state index in [2.05, 4.69) is 36.5 Å². The van der Waals surface area contributed by atoms with Gasteiger partial charge in [0.15, 0.2) is 0 Å². The van der Waals surface area contributed by atoms with Crippen LogP contribution in [0.1, 0.15) is 30.0 Å². The molecule has 0 aliphatic heterocycles. The van der Waals surface area contributed by atoms with Crippen LogP contribution >= 0.6 is 11.6 Å². The summed E-state index contributed by atoms with van der Waals surface area (Å²) in [5.74, 6) is 0.855. The van der Waals surface area contributed by atoms with Gasteiger partial charge in [-0.15, -0.1) is 0 Å². The number of ether oxygens (including phenoxy) is 1. The molecule has 2 aromatic carbocycles. The van der Waals surface area contributed by atoms with E-state index in [1.807, 2.05) is 25.1 Å². The Morgan fingerprint density at radius 3 is 2.57 bits per heavy atom. The van der Waals surface area contributed by atoms with Crippen molar-refractivity contribution in [3.05, 3.63) is 64.2 Å². The Hall–Kier alpha value is -1.51. The molecule has 2 nitrogen and oxygen atoms in total. The van der Waals surface area contributed by atoms with Gasteiger partial charge in [-0.05, 0) is 54.8 Å². The number of aryl methyl sites for hydroxylation is 1. The van der Waals surface area contributed by atoms with E-state index in [9.17, 15) is 0 Å². The molecule has 0 aromatic heterocycles. The highest BCUT2D eigenvalue weighted by Gasteiger charge is 2.04. The smallest absolute Gasteiger partial charge is 0.120 e. The average Bonchev–Trinajstić information content (AvgIpc) is 2.50. The van der Waals surface area contributed by atoms with Crippen molar-refractivity contribution >= 4 is 11.6 Å². The monoisotopic (exact) mass is 303 g/mol. The van der Waals surface area contributed by atoms with E-state index in [4.69, 9.17) is 16.3 Å². The first-order valence-electron chi connectivity index (χ1n) is 7.37. The topological polar surface area (TPSA) is 21.3 Å². The fourth-order valence-electron chi connectivity index (χ4n) is 2.14. The Morgan fingerprint density at radius 2 is 1.86 bits per heavy atom. The second-order valence-electron chi connectivity index (χ2n) is 5.15. The number of halogens is 1. The van der Waals surface area contributed by atoms with Gasteiger partial charge in [-0.2, -0.15) is 0 Å². The van der Waals surface area contributed by atoms with E-state index in [0.29, 0.717) is 6.61 Å². The van der Waals surface area contributed by atoms with E-state index >= 15 is 0 Å². The maximum absolute atomic E-state index is 6.03. The van der Waals surface area contributed by atoms with E-state index in [1.165, 1.54) is 11.1 Å². The van der Waals surface area contributed by atoms with Crippen molar-refractivity contribution < 1.29 is 4.74 Å². The summed E-state index contributed by atoms with van der Waals surface area (Å²) in [6, 6.07) is 14.1. The fraction of sp³-hybridized carbons (Fsp3) is 0.333. The SMILES string of the molecule is CCCNCc1ccccc1COc1ccc(Cl)c(C)c1. The van der Waals surface area contributed by atoms with Gasteiger partial charge >= 0.3 is 0 Å². The highest BCUT2D eigenvalue weighted by Crippen LogP contribution is 2.22. The molecular weight excluding hydrogens is 282 g/mol. The molecule has 0 fully saturated rings. The van der Waals surface area contributed by atoms with Crippen molar-refractivity contribution in [2.75, 3.05) is 6.54 Å². The Labute approximate surface area is 132 Å². The summed E-state index contributed by atoms with van der Waals surface area (Å²) in [5.41, 5.74) is 3.54. The van der Waals surface area contributed by atoms with E-state index in [0.717, 1.165) is 35.8 Å². The van der Waals surface area contributed by atoms with Crippen LogP contribution in [0.5, 0.6) is 5.75 Å². The van der Waals surface area contributed by atoms with Crippen LogP contribution in [0.4, 0.5) is 0 Å². The molecule has 2 aromatic rings. The lowest BCUT2D eigenvalue weighted by molar-refractivity contribution is 0.304. The molecule has 0 saturated heterocycles. The van der Waals surface area contributed by atoms with Crippen LogP contribution in [-0.4, -0.2) is 6.54 Å². The summed E-state index contributed by atoms with van der Waals surface area (Å²) in [7, 11) is 0. The van der Waals surface area contributed by atoms with Crippen molar-refractivity contribution in [3.8, 4) is 5.75 Å². The molecule has 2 rings (SSSR count). The van der Waals surface area contributed by atoms with Gasteiger partial charge in [-0.25, -0.2) is 0 Å². The lowest BCUT2D eigenvalue weighted by Gasteiger charge is -2.12. The third kappa shape index (κ3) is 4.76. The average molecular weight is 304 g/mol. The summed E-state index contributed by atoms with van der Waals surface area (Å²) in [4.78, 5) is 0. The standard InChI is InChI=1S/C18H22ClNO/c1-3-10-20-12-15-6-4-5-7-16(15)13-21-17-8-9-18(19)14(2)11-17/h4-9,11,20H,3,10,12-13H2,1-2H3. The lowest BCUT2D eigenvalue weighted by Crippen LogP contribution is -2.15. The van der Waals surface area contributed by atoms with Crippen LogP contribution in [0, 0.1) is 6.92 Å². The summed E-state index contributed by atoms with van der Waals surface area (Å²) < 4.78 is 5.89. The Kier molecular flexibility index (Phi) is 6.09. The van der Waals surface area contributed by atoms with Crippen LogP contribution in [0.2, 0.25) is 5.02 Å². The predicted octanol–water partition coefficient (Wildman–Crippen LogP) is 4.73. The maximum Gasteiger partial charge on any atom is 0.120 e. The van der Waals surface area contributed by atoms with E-state index in [1.54, 1.807) is 0 Å². The van der Waals surface area contributed by atoms with Gasteiger partial charge in [0, 0.05) is 11.6 Å². The van der Waals surface area contributed by atoms with Crippen molar-refractivity contribution in [3.63, 3.8) is 0 Å². The number of hydrogen-bond donors (Lipinski definition) is 1. The molecule has 0 unspecified atom stereocenters. The normalized spacial score (nSPS) is 10.6. The first-order valence-corrected chi connectivity index (χ1v) is 7.75. The minimum Gasteiger partial charge on any atom is -0.489 e. The quantitative estimate of drug-likeness (QED) is 0.747. The molecule has 0 heterocycles. The Balaban J connectivity index is 2.00. The third-order valence-corrected chi connectivity index (χ3v) is 3.81. The summed E-state index contributed by atoms with van der Waals surface area (Å²) in [6.45, 7) is 6.65. The van der Waals surface area contributed by atoms with Gasteiger partial charge in [-0.3, -0.25) is 0 Å². The number of benzene rings is 2. The molecule has 0 aliphatic carbocycles. The molecule has 0 saturated carbocycles. The van der Waals surface area contributed by atoms with Gasteiger partial charge < -0.3 is 10.1 Å². The second-order valence-corrected chi connectivity index (χ2v) is 5.55. The van der Waals surface area contributed by atoms with E-state index < -0.39 is 0 Å². The van der Waals surface area contributed by atoms with Crippen LogP contribution in [0.25, 0.3) is 0 Å². The van der Waals surface area contributed by atoms with Crippen LogP contribution < -0.4 is 10.1 Å². The van der Waals surface area contributed by atoms with Crippen LogP contribution in [0.15, 0.2) is 42.5 Å². The lowest BCUT2D eigenvalue weighted by atomic mass is 10.1. The zero-order valence-electron chi connectivity index (χ0n) is 12.7. The molecule has 0 atom stereocenters. The largest absolute Gasteiger partial charge is 0.489 e. The first-order chi connectivity index (χ1) is 10.2. The van der Waals surface area contributed by atoms with Crippen molar-refractivity contribution in [2.45, 2.75) is 33.4 Å². The minimum absolute atomic E-state index is 0.574. The molecule has 21 heavy (non-hydrogen) atoms. The Morgan fingerprint density at radius 1 is 1.10 bits per heavy atom. The molecule has 3 heteroatoms. The van der Waals surface area contributed by atoms with Gasteiger partial charge in [0.05, 0.1) is 0 Å². The predicted molar refractivity (Wildman–Crippen MR) is 89.0 cm³/mol. The van der Waals surface area contributed by atoms with Gasteiger partial charge in [0.2, 0.25) is 0 Å². The van der Waals surface area contributed by atoms with Crippen LogP contribution in [0.3, 0.4) is 0 Å². The molecule has 0 bridgehead atoms. The molecule has 1 N–H and O–H groups in total.